The molecular formula is C12H9ClFNO2S. The van der Waals surface area contributed by atoms with Crippen LogP contribution < -0.4 is 4.72 Å². The monoisotopic (exact) mass is 285 g/mol. The molecule has 0 saturated carbocycles. The van der Waals surface area contributed by atoms with E-state index in [2.05, 4.69) is 4.72 Å². The molecule has 0 aliphatic carbocycles. The van der Waals surface area contributed by atoms with Gasteiger partial charge in [0.2, 0.25) is 0 Å². The lowest BCUT2D eigenvalue weighted by Gasteiger charge is -2.09. The zero-order chi connectivity index (χ0) is 13.2. The van der Waals surface area contributed by atoms with Gasteiger partial charge in [-0.2, -0.15) is 0 Å². The van der Waals surface area contributed by atoms with E-state index < -0.39 is 15.8 Å². The Labute approximate surface area is 109 Å². The lowest BCUT2D eigenvalue weighted by Crippen LogP contribution is -2.13. The quantitative estimate of drug-likeness (QED) is 0.941. The molecule has 0 unspecified atom stereocenters. The molecule has 0 heterocycles. The van der Waals surface area contributed by atoms with Crippen LogP contribution in [-0.4, -0.2) is 8.42 Å². The predicted molar refractivity (Wildman–Crippen MR) is 68.7 cm³/mol. The molecule has 0 aromatic heterocycles. The number of anilines is 1. The molecule has 6 heteroatoms. The standard InChI is InChI=1S/C12H9ClFNO2S/c13-11-3-1-2-4-12(11)18(16,17)15-10-7-5-9(14)6-8-10/h1-8,15H. The van der Waals surface area contributed by atoms with Gasteiger partial charge in [-0.25, -0.2) is 12.8 Å². The van der Waals surface area contributed by atoms with E-state index in [4.69, 9.17) is 11.6 Å². The summed E-state index contributed by atoms with van der Waals surface area (Å²) in [4.78, 5) is -0.0176. The molecule has 0 aliphatic rings. The van der Waals surface area contributed by atoms with Gasteiger partial charge in [-0.3, -0.25) is 4.72 Å². The average Bonchev–Trinajstić information content (AvgIpc) is 2.32. The first kappa shape index (κ1) is 12.9. The second-order valence-corrected chi connectivity index (χ2v) is 5.60. The van der Waals surface area contributed by atoms with Gasteiger partial charge in [0.05, 0.1) is 5.02 Å². The molecule has 0 bridgehead atoms. The fourth-order valence-corrected chi connectivity index (χ4v) is 2.97. The third-order valence-electron chi connectivity index (χ3n) is 2.22. The Kier molecular flexibility index (Phi) is 3.54. The third kappa shape index (κ3) is 2.80. The molecule has 2 aromatic carbocycles. The van der Waals surface area contributed by atoms with Gasteiger partial charge < -0.3 is 0 Å². The van der Waals surface area contributed by atoms with Crippen molar-refractivity contribution in [2.24, 2.45) is 0 Å². The maximum Gasteiger partial charge on any atom is 0.263 e. The van der Waals surface area contributed by atoms with Crippen LogP contribution in [0.1, 0.15) is 0 Å². The van der Waals surface area contributed by atoms with Crippen molar-refractivity contribution in [1.82, 2.24) is 0 Å². The molecule has 0 amide bonds. The van der Waals surface area contributed by atoms with Crippen LogP contribution in [0.3, 0.4) is 0 Å². The minimum Gasteiger partial charge on any atom is -0.280 e. The van der Waals surface area contributed by atoms with Gasteiger partial charge >= 0.3 is 0 Å². The van der Waals surface area contributed by atoms with Crippen LogP contribution in [0, 0.1) is 5.82 Å². The van der Waals surface area contributed by atoms with Crippen molar-refractivity contribution in [1.29, 1.82) is 0 Å². The number of hydrogen-bond donors (Lipinski definition) is 1. The zero-order valence-corrected chi connectivity index (χ0v) is 10.7. The highest BCUT2D eigenvalue weighted by Gasteiger charge is 2.17. The summed E-state index contributed by atoms with van der Waals surface area (Å²) < 4.78 is 39.1. The van der Waals surface area contributed by atoms with E-state index in [0.717, 1.165) is 0 Å². The van der Waals surface area contributed by atoms with E-state index in [1.54, 1.807) is 12.1 Å². The fraction of sp³-hybridized carbons (Fsp3) is 0. The maximum atomic E-state index is 12.7. The van der Waals surface area contributed by atoms with Crippen LogP contribution in [0.15, 0.2) is 53.4 Å². The van der Waals surface area contributed by atoms with Crippen LogP contribution >= 0.6 is 11.6 Å². The number of sulfonamides is 1. The first-order valence-electron chi connectivity index (χ1n) is 5.02. The van der Waals surface area contributed by atoms with E-state index in [9.17, 15) is 12.8 Å². The maximum absolute atomic E-state index is 12.7. The Bertz CT molecular complexity index is 656. The molecular weight excluding hydrogens is 277 g/mol. The largest absolute Gasteiger partial charge is 0.280 e. The summed E-state index contributed by atoms with van der Waals surface area (Å²) in [5, 5.41) is 0.132. The molecule has 0 spiro atoms. The van der Waals surface area contributed by atoms with Crippen molar-refractivity contribution in [3.8, 4) is 0 Å². The first-order chi connectivity index (χ1) is 8.49. The highest BCUT2D eigenvalue weighted by molar-refractivity contribution is 7.92. The number of nitrogens with one attached hydrogen (secondary N) is 1. The van der Waals surface area contributed by atoms with Gasteiger partial charge in [-0.05, 0) is 36.4 Å². The van der Waals surface area contributed by atoms with Crippen molar-refractivity contribution < 1.29 is 12.8 Å². The molecule has 2 aromatic rings. The Morgan fingerprint density at radius 2 is 1.61 bits per heavy atom. The van der Waals surface area contributed by atoms with Crippen molar-refractivity contribution in [3.63, 3.8) is 0 Å². The fourth-order valence-electron chi connectivity index (χ4n) is 1.39. The third-order valence-corrected chi connectivity index (χ3v) is 4.10. The minimum atomic E-state index is -3.76. The Morgan fingerprint density at radius 1 is 1.00 bits per heavy atom. The van der Waals surface area contributed by atoms with E-state index in [0.29, 0.717) is 0 Å². The second kappa shape index (κ2) is 4.96. The van der Waals surface area contributed by atoms with Gasteiger partial charge in [0.1, 0.15) is 10.7 Å². The number of rotatable bonds is 3. The van der Waals surface area contributed by atoms with Gasteiger partial charge in [0.25, 0.3) is 10.0 Å². The topological polar surface area (TPSA) is 46.2 Å². The molecule has 2 rings (SSSR count). The molecule has 0 atom stereocenters. The van der Waals surface area contributed by atoms with Crippen LogP contribution in [0.2, 0.25) is 5.02 Å². The second-order valence-electron chi connectivity index (χ2n) is 3.54. The molecule has 0 fully saturated rings. The van der Waals surface area contributed by atoms with E-state index in [-0.39, 0.29) is 15.6 Å². The van der Waals surface area contributed by atoms with Gasteiger partial charge in [0, 0.05) is 5.69 Å². The minimum absolute atomic E-state index is 0.0176. The SMILES string of the molecule is O=S(=O)(Nc1ccc(F)cc1)c1ccccc1Cl. The number of hydrogen-bond acceptors (Lipinski definition) is 2. The lowest BCUT2D eigenvalue weighted by atomic mass is 10.3. The summed E-state index contributed by atoms with van der Waals surface area (Å²) in [6, 6.07) is 11.1. The molecule has 18 heavy (non-hydrogen) atoms. The van der Waals surface area contributed by atoms with Crippen LogP contribution in [0.4, 0.5) is 10.1 Å². The van der Waals surface area contributed by atoms with Crippen LogP contribution in [0.5, 0.6) is 0 Å². The Morgan fingerprint density at radius 3 is 2.22 bits per heavy atom. The predicted octanol–water partition coefficient (Wildman–Crippen LogP) is 3.28. The summed E-state index contributed by atoms with van der Waals surface area (Å²) in [7, 11) is -3.76. The summed E-state index contributed by atoms with van der Waals surface area (Å²) in [5.74, 6) is -0.435. The van der Waals surface area contributed by atoms with E-state index in [1.165, 1.54) is 36.4 Å². The zero-order valence-electron chi connectivity index (χ0n) is 9.10. The van der Waals surface area contributed by atoms with Crippen molar-refractivity contribution in [2.75, 3.05) is 4.72 Å². The van der Waals surface area contributed by atoms with E-state index >= 15 is 0 Å². The molecule has 1 N–H and O–H groups in total. The lowest BCUT2D eigenvalue weighted by molar-refractivity contribution is 0.601. The van der Waals surface area contributed by atoms with Gasteiger partial charge in [-0.15, -0.1) is 0 Å². The first-order valence-corrected chi connectivity index (χ1v) is 6.88. The highest BCUT2D eigenvalue weighted by atomic mass is 35.5. The normalized spacial score (nSPS) is 11.2. The van der Waals surface area contributed by atoms with E-state index in [1.807, 2.05) is 0 Å². The van der Waals surface area contributed by atoms with Crippen molar-refractivity contribution in [2.45, 2.75) is 4.90 Å². The summed E-state index contributed by atoms with van der Waals surface area (Å²) in [5.41, 5.74) is 0.274. The Hall–Kier alpha value is -1.59. The van der Waals surface area contributed by atoms with Crippen LogP contribution in [-0.2, 0) is 10.0 Å². The summed E-state index contributed by atoms with van der Waals surface area (Å²) in [6.07, 6.45) is 0. The molecule has 94 valence electrons. The van der Waals surface area contributed by atoms with Crippen molar-refractivity contribution in [3.05, 3.63) is 59.4 Å². The number of benzene rings is 2. The molecule has 0 aliphatic heterocycles. The van der Waals surface area contributed by atoms with Gasteiger partial charge in [0.15, 0.2) is 0 Å². The smallest absolute Gasteiger partial charge is 0.263 e. The summed E-state index contributed by atoms with van der Waals surface area (Å²) in [6.45, 7) is 0. The molecule has 3 nitrogen and oxygen atoms in total. The summed E-state index contributed by atoms with van der Waals surface area (Å²) >= 11 is 5.82. The molecule has 0 radical (unpaired) electrons. The van der Waals surface area contributed by atoms with Crippen molar-refractivity contribution >= 4 is 27.3 Å². The Balaban J connectivity index is 2.33. The highest BCUT2D eigenvalue weighted by Crippen LogP contribution is 2.23. The average molecular weight is 286 g/mol. The van der Waals surface area contributed by atoms with Gasteiger partial charge in [-0.1, -0.05) is 23.7 Å². The van der Waals surface area contributed by atoms with Crippen LogP contribution in [0.25, 0.3) is 0 Å². The molecule has 0 saturated heterocycles. The number of halogens is 2.